The average Bonchev–Trinajstić information content (AvgIpc) is 2.73. The van der Waals surface area contributed by atoms with Crippen LogP contribution >= 0.6 is 15.9 Å². The zero-order valence-corrected chi connectivity index (χ0v) is 19.4. The van der Waals surface area contributed by atoms with Gasteiger partial charge in [0.1, 0.15) is 5.75 Å². The molecule has 0 unspecified atom stereocenters. The molecule has 0 aromatic heterocycles. The Morgan fingerprint density at radius 2 is 1.80 bits per heavy atom. The second-order valence-corrected chi connectivity index (χ2v) is 10.1. The third-order valence-electron chi connectivity index (χ3n) is 5.00. The van der Waals surface area contributed by atoms with Gasteiger partial charge in [-0.15, -0.1) is 0 Å². The predicted molar refractivity (Wildman–Crippen MR) is 122 cm³/mol. The van der Waals surface area contributed by atoms with Crippen LogP contribution in [0.25, 0.3) is 0 Å². The lowest BCUT2D eigenvalue weighted by molar-refractivity contribution is 0.102. The summed E-state index contributed by atoms with van der Waals surface area (Å²) in [7, 11) is -3.57. The lowest BCUT2D eigenvalue weighted by Crippen LogP contribution is -2.36. The highest BCUT2D eigenvalue weighted by Gasteiger charge is 2.22. The summed E-state index contributed by atoms with van der Waals surface area (Å²) in [6.07, 6.45) is 5.86. The van der Waals surface area contributed by atoms with Crippen molar-refractivity contribution in [3.8, 4) is 5.75 Å². The van der Waals surface area contributed by atoms with Crippen molar-refractivity contribution in [2.45, 2.75) is 56.4 Å². The van der Waals surface area contributed by atoms with Crippen LogP contribution in [0.5, 0.6) is 5.75 Å². The van der Waals surface area contributed by atoms with E-state index in [-0.39, 0.29) is 16.8 Å². The third-order valence-corrected chi connectivity index (χ3v) is 7.03. The molecule has 2 N–H and O–H groups in total. The average molecular weight is 495 g/mol. The number of carbonyl (C=O) groups excluding carboxylic acids is 1. The van der Waals surface area contributed by atoms with Crippen LogP contribution in [0.4, 0.5) is 5.69 Å². The second-order valence-electron chi connectivity index (χ2n) is 7.42. The van der Waals surface area contributed by atoms with Gasteiger partial charge in [0.15, 0.2) is 0 Å². The van der Waals surface area contributed by atoms with Crippen molar-refractivity contribution in [3.05, 3.63) is 52.5 Å². The first-order valence-electron chi connectivity index (χ1n) is 10.2. The number of amides is 1. The molecule has 1 aliphatic carbocycles. The molecule has 0 radical (unpaired) electrons. The highest BCUT2D eigenvalue weighted by molar-refractivity contribution is 9.10. The van der Waals surface area contributed by atoms with Crippen molar-refractivity contribution in [1.82, 2.24) is 4.72 Å². The molecule has 1 saturated carbocycles. The molecule has 6 nitrogen and oxygen atoms in total. The lowest BCUT2D eigenvalue weighted by atomic mass is 9.96. The number of anilines is 1. The van der Waals surface area contributed by atoms with E-state index in [2.05, 4.69) is 26.0 Å². The fourth-order valence-corrected chi connectivity index (χ4v) is 5.11. The monoisotopic (exact) mass is 494 g/mol. The van der Waals surface area contributed by atoms with E-state index in [0.717, 1.165) is 43.0 Å². The van der Waals surface area contributed by atoms with Gasteiger partial charge in [0, 0.05) is 16.2 Å². The van der Waals surface area contributed by atoms with Crippen LogP contribution in [0.15, 0.2) is 51.8 Å². The molecular formula is C22H27BrN2O4S. The van der Waals surface area contributed by atoms with Crippen molar-refractivity contribution in [1.29, 1.82) is 0 Å². The maximum atomic E-state index is 12.8. The van der Waals surface area contributed by atoms with E-state index in [9.17, 15) is 13.2 Å². The minimum Gasteiger partial charge on any atom is -0.493 e. The van der Waals surface area contributed by atoms with Gasteiger partial charge in [0.05, 0.1) is 17.1 Å². The van der Waals surface area contributed by atoms with Gasteiger partial charge in [-0.1, -0.05) is 42.1 Å². The molecule has 2 aromatic rings. The number of hydrogen-bond acceptors (Lipinski definition) is 4. The Bertz CT molecular complexity index is 971. The Balaban J connectivity index is 1.69. The Labute approximate surface area is 186 Å². The molecule has 162 valence electrons. The molecule has 1 aliphatic rings. The lowest BCUT2D eigenvalue weighted by Gasteiger charge is -2.22. The SMILES string of the molecule is CCCOc1ccc(Br)cc1C(=O)Nc1ccc(S(=O)(=O)NC2CCCCC2)cc1. The van der Waals surface area contributed by atoms with Crippen LogP contribution in [0.2, 0.25) is 0 Å². The fraction of sp³-hybridized carbons (Fsp3) is 0.409. The maximum Gasteiger partial charge on any atom is 0.259 e. The zero-order chi connectivity index (χ0) is 21.6. The van der Waals surface area contributed by atoms with Gasteiger partial charge in [-0.3, -0.25) is 4.79 Å². The summed E-state index contributed by atoms with van der Waals surface area (Å²) in [4.78, 5) is 12.9. The zero-order valence-electron chi connectivity index (χ0n) is 17.0. The topological polar surface area (TPSA) is 84.5 Å². The van der Waals surface area contributed by atoms with E-state index in [1.54, 1.807) is 24.3 Å². The molecule has 1 amide bonds. The number of ether oxygens (including phenoxy) is 1. The van der Waals surface area contributed by atoms with E-state index >= 15 is 0 Å². The molecule has 0 saturated heterocycles. The van der Waals surface area contributed by atoms with Crippen molar-refractivity contribution < 1.29 is 17.9 Å². The first-order chi connectivity index (χ1) is 14.4. The van der Waals surface area contributed by atoms with Crippen LogP contribution < -0.4 is 14.8 Å². The second kappa shape index (κ2) is 10.4. The van der Waals surface area contributed by atoms with E-state index < -0.39 is 10.0 Å². The fourth-order valence-electron chi connectivity index (χ4n) is 3.44. The Kier molecular flexibility index (Phi) is 7.91. The molecule has 0 atom stereocenters. The van der Waals surface area contributed by atoms with Gasteiger partial charge in [-0.2, -0.15) is 0 Å². The van der Waals surface area contributed by atoms with Crippen molar-refractivity contribution >= 4 is 37.5 Å². The summed E-state index contributed by atoms with van der Waals surface area (Å²) in [5.74, 6) is 0.187. The van der Waals surface area contributed by atoms with Gasteiger partial charge >= 0.3 is 0 Å². The molecule has 3 rings (SSSR count). The Hall–Kier alpha value is -1.90. The quantitative estimate of drug-likeness (QED) is 0.534. The number of hydrogen-bond donors (Lipinski definition) is 2. The molecule has 8 heteroatoms. The molecule has 0 heterocycles. The summed E-state index contributed by atoms with van der Waals surface area (Å²) in [6.45, 7) is 2.51. The first kappa shape index (κ1) is 22.8. The summed E-state index contributed by atoms with van der Waals surface area (Å²) in [5.41, 5.74) is 0.923. The maximum absolute atomic E-state index is 12.8. The Morgan fingerprint density at radius 1 is 1.10 bits per heavy atom. The smallest absolute Gasteiger partial charge is 0.259 e. The minimum absolute atomic E-state index is 0.00111. The minimum atomic E-state index is -3.57. The highest BCUT2D eigenvalue weighted by atomic mass is 79.9. The van der Waals surface area contributed by atoms with Gasteiger partial charge in [-0.25, -0.2) is 13.1 Å². The first-order valence-corrected chi connectivity index (χ1v) is 12.5. The molecule has 30 heavy (non-hydrogen) atoms. The van der Waals surface area contributed by atoms with Crippen LogP contribution in [0.1, 0.15) is 55.8 Å². The van der Waals surface area contributed by atoms with Crippen molar-refractivity contribution in [2.75, 3.05) is 11.9 Å². The molecular weight excluding hydrogens is 468 g/mol. The third kappa shape index (κ3) is 6.06. The van der Waals surface area contributed by atoms with E-state index in [1.807, 2.05) is 13.0 Å². The van der Waals surface area contributed by atoms with Crippen molar-refractivity contribution in [3.63, 3.8) is 0 Å². The van der Waals surface area contributed by atoms with Gasteiger partial charge in [-0.05, 0) is 61.7 Å². The van der Waals surface area contributed by atoms with Crippen molar-refractivity contribution in [2.24, 2.45) is 0 Å². The summed E-state index contributed by atoms with van der Waals surface area (Å²) in [6, 6.07) is 11.5. The summed E-state index contributed by atoms with van der Waals surface area (Å²) in [5, 5.41) is 2.81. The van der Waals surface area contributed by atoms with Gasteiger partial charge in [0.2, 0.25) is 10.0 Å². The standard InChI is InChI=1S/C22H27BrN2O4S/c1-2-14-29-21-13-8-16(23)15-20(21)22(26)24-17-9-11-19(12-10-17)30(27,28)25-18-6-4-3-5-7-18/h8-13,15,18,25H,2-7,14H2,1H3,(H,24,26). The number of nitrogens with one attached hydrogen (secondary N) is 2. The molecule has 0 bridgehead atoms. The Morgan fingerprint density at radius 3 is 2.47 bits per heavy atom. The number of halogens is 1. The van der Waals surface area contributed by atoms with Crippen LogP contribution in [0.3, 0.4) is 0 Å². The van der Waals surface area contributed by atoms with E-state index in [0.29, 0.717) is 23.6 Å². The summed E-state index contributed by atoms with van der Waals surface area (Å²) < 4.78 is 34.5. The summed E-state index contributed by atoms with van der Waals surface area (Å²) >= 11 is 3.38. The number of rotatable bonds is 8. The number of carbonyl (C=O) groups is 1. The molecule has 1 fully saturated rings. The normalized spacial score (nSPS) is 15.0. The number of sulfonamides is 1. The van der Waals surface area contributed by atoms with Crippen LogP contribution in [-0.4, -0.2) is 27.0 Å². The predicted octanol–water partition coefficient (Wildman–Crippen LogP) is 5.10. The highest BCUT2D eigenvalue weighted by Crippen LogP contribution is 2.25. The van der Waals surface area contributed by atoms with E-state index in [4.69, 9.17) is 4.74 Å². The molecule has 0 spiro atoms. The van der Waals surface area contributed by atoms with E-state index in [1.165, 1.54) is 12.1 Å². The molecule has 2 aromatic carbocycles. The van der Waals surface area contributed by atoms with Gasteiger partial charge < -0.3 is 10.1 Å². The van der Waals surface area contributed by atoms with Gasteiger partial charge in [0.25, 0.3) is 5.91 Å². The number of benzene rings is 2. The molecule has 0 aliphatic heterocycles. The van der Waals surface area contributed by atoms with Crippen LogP contribution in [-0.2, 0) is 10.0 Å². The largest absolute Gasteiger partial charge is 0.493 e. The van der Waals surface area contributed by atoms with Crippen LogP contribution in [0, 0.1) is 0 Å².